The summed E-state index contributed by atoms with van der Waals surface area (Å²) in [7, 11) is 1.64. The Morgan fingerprint density at radius 3 is 2.83 bits per heavy atom. The third-order valence-electron chi connectivity index (χ3n) is 6.43. The van der Waals surface area contributed by atoms with Gasteiger partial charge in [-0.05, 0) is 68.3 Å². The minimum Gasteiger partial charge on any atom is -0.496 e. The van der Waals surface area contributed by atoms with Crippen LogP contribution in [0.5, 0.6) is 5.75 Å². The van der Waals surface area contributed by atoms with E-state index in [2.05, 4.69) is 34.6 Å². The molecule has 5 rings (SSSR count). The Bertz CT molecular complexity index is 1120. The highest BCUT2D eigenvalue weighted by Crippen LogP contribution is 2.43. The number of nitrogens with zero attached hydrogens (tertiary/aromatic N) is 2. The van der Waals surface area contributed by atoms with Gasteiger partial charge in [-0.15, -0.1) is 11.8 Å². The molecule has 0 radical (unpaired) electrons. The van der Waals surface area contributed by atoms with Crippen molar-refractivity contribution in [3.05, 3.63) is 58.8 Å². The van der Waals surface area contributed by atoms with Crippen molar-refractivity contribution in [1.82, 2.24) is 9.47 Å². The number of benzene rings is 2. The Hall–Kier alpha value is -2.40. The summed E-state index contributed by atoms with van der Waals surface area (Å²) in [6.07, 6.45) is 5.29. The predicted octanol–water partition coefficient (Wildman–Crippen LogP) is 5.21. The lowest BCUT2D eigenvalue weighted by molar-refractivity contribution is 0.0598. The molecule has 4 nitrogen and oxygen atoms in total. The van der Waals surface area contributed by atoms with Gasteiger partial charge in [0.05, 0.1) is 18.7 Å². The van der Waals surface area contributed by atoms with E-state index in [0.717, 1.165) is 37.2 Å². The molecule has 0 bridgehead atoms. The Balaban J connectivity index is 1.58. The first-order chi connectivity index (χ1) is 14.1. The van der Waals surface area contributed by atoms with Gasteiger partial charge >= 0.3 is 0 Å². The molecule has 1 aliphatic carbocycles. The van der Waals surface area contributed by atoms with Crippen LogP contribution in [0.1, 0.15) is 46.1 Å². The van der Waals surface area contributed by atoms with Gasteiger partial charge in [0.2, 0.25) is 0 Å². The molecule has 1 amide bonds. The van der Waals surface area contributed by atoms with E-state index in [1.807, 2.05) is 24.5 Å². The fraction of sp³-hybridized carbons (Fsp3) is 0.375. The highest BCUT2D eigenvalue weighted by atomic mass is 32.2. The van der Waals surface area contributed by atoms with E-state index in [4.69, 9.17) is 4.74 Å². The molecule has 0 N–H and O–H groups in total. The number of carbonyl (C=O) groups excluding carboxylic acids is 1. The molecule has 0 fully saturated rings. The molecule has 0 spiro atoms. The lowest BCUT2D eigenvalue weighted by Gasteiger charge is -2.40. The van der Waals surface area contributed by atoms with E-state index < -0.39 is 0 Å². The predicted molar refractivity (Wildman–Crippen MR) is 118 cm³/mol. The van der Waals surface area contributed by atoms with Crippen LogP contribution in [-0.2, 0) is 13.0 Å². The van der Waals surface area contributed by atoms with Crippen LogP contribution in [0, 0.1) is 6.92 Å². The molecule has 3 aromatic rings. The lowest BCUT2D eigenvalue weighted by Crippen LogP contribution is -2.43. The fourth-order valence-corrected chi connectivity index (χ4v) is 5.52. The molecule has 1 aromatic heterocycles. The SMILES string of the molecule is COc1cc(SC)ccc1C(=O)N1CCn2c3c(c4cc(C)ccc42)CCC[C@@H]31. The van der Waals surface area contributed by atoms with Gasteiger partial charge in [-0.25, -0.2) is 0 Å². The quantitative estimate of drug-likeness (QED) is 0.560. The third-order valence-corrected chi connectivity index (χ3v) is 7.15. The number of fused-ring (bicyclic) bond motifs is 3. The van der Waals surface area contributed by atoms with Gasteiger partial charge in [0.1, 0.15) is 5.75 Å². The van der Waals surface area contributed by atoms with Crippen molar-refractivity contribution in [2.75, 3.05) is 19.9 Å². The van der Waals surface area contributed by atoms with Crippen LogP contribution in [0.3, 0.4) is 0 Å². The minimum absolute atomic E-state index is 0.0834. The van der Waals surface area contributed by atoms with Gasteiger partial charge in [0.25, 0.3) is 5.91 Å². The van der Waals surface area contributed by atoms with E-state index in [-0.39, 0.29) is 11.9 Å². The number of rotatable bonds is 3. The zero-order chi connectivity index (χ0) is 20.1. The first-order valence-corrected chi connectivity index (χ1v) is 11.5. The second-order valence-corrected chi connectivity index (χ2v) is 8.89. The number of carbonyl (C=O) groups is 1. The average Bonchev–Trinajstić information content (AvgIpc) is 3.07. The van der Waals surface area contributed by atoms with E-state index >= 15 is 0 Å². The summed E-state index contributed by atoms with van der Waals surface area (Å²) in [5, 5.41) is 1.38. The van der Waals surface area contributed by atoms with Crippen LogP contribution in [-0.4, -0.2) is 35.3 Å². The molecule has 2 aromatic carbocycles. The van der Waals surface area contributed by atoms with E-state index in [0.29, 0.717) is 11.3 Å². The maximum atomic E-state index is 13.6. The minimum atomic E-state index is 0.0834. The van der Waals surface area contributed by atoms with Crippen molar-refractivity contribution in [2.24, 2.45) is 0 Å². The van der Waals surface area contributed by atoms with Gasteiger partial charge in [0, 0.05) is 34.6 Å². The number of methoxy groups -OCH3 is 1. The van der Waals surface area contributed by atoms with Crippen LogP contribution in [0.15, 0.2) is 41.3 Å². The Morgan fingerprint density at radius 1 is 1.17 bits per heavy atom. The Labute approximate surface area is 175 Å². The molecule has 2 heterocycles. The zero-order valence-corrected chi connectivity index (χ0v) is 18.0. The molecule has 0 saturated heterocycles. The number of thioether (sulfide) groups is 1. The van der Waals surface area contributed by atoms with Crippen LogP contribution in [0.2, 0.25) is 0 Å². The lowest BCUT2D eigenvalue weighted by atomic mass is 9.89. The van der Waals surface area contributed by atoms with Gasteiger partial charge in [0.15, 0.2) is 0 Å². The summed E-state index contributed by atoms with van der Waals surface area (Å²) in [6.45, 7) is 3.74. The molecule has 2 aliphatic rings. The van der Waals surface area contributed by atoms with Gasteiger partial charge in [-0.3, -0.25) is 4.79 Å². The Kier molecular flexibility index (Phi) is 4.58. The first kappa shape index (κ1) is 18.6. The maximum Gasteiger partial charge on any atom is 0.258 e. The summed E-state index contributed by atoms with van der Waals surface area (Å²) in [5.41, 5.74) is 6.09. The van der Waals surface area contributed by atoms with Crippen LogP contribution < -0.4 is 4.74 Å². The monoisotopic (exact) mass is 406 g/mol. The number of hydrogen-bond acceptors (Lipinski definition) is 3. The molecule has 5 heteroatoms. The summed E-state index contributed by atoms with van der Waals surface area (Å²) in [5.74, 6) is 0.750. The molecule has 1 aliphatic heterocycles. The van der Waals surface area contributed by atoms with Gasteiger partial charge in [-0.2, -0.15) is 0 Å². The van der Waals surface area contributed by atoms with Crippen LogP contribution in [0.4, 0.5) is 0 Å². The molecule has 0 unspecified atom stereocenters. The van der Waals surface area contributed by atoms with Crippen molar-refractivity contribution < 1.29 is 9.53 Å². The highest BCUT2D eigenvalue weighted by molar-refractivity contribution is 7.98. The molecule has 29 heavy (non-hydrogen) atoms. The number of aromatic nitrogens is 1. The van der Waals surface area contributed by atoms with Crippen molar-refractivity contribution in [1.29, 1.82) is 0 Å². The van der Waals surface area contributed by atoms with Crippen molar-refractivity contribution >= 4 is 28.6 Å². The van der Waals surface area contributed by atoms with Crippen LogP contribution >= 0.6 is 11.8 Å². The maximum absolute atomic E-state index is 13.6. The fourth-order valence-electron chi connectivity index (χ4n) is 5.09. The summed E-state index contributed by atoms with van der Waals surface area (Å²) >= 11 is 1.66. The van der Waals surface area contributed by atoms with Gasteiger partial charge < -0.3 is 14.2 Å². The molecule has 0 saturated carbocycles. The molecular formula is C24H26N2O2S. The van der Waals surface area contributed by atoms with Gasteiger partial charge in [-0.1, -0.05) is 11.6 Å². The van der Waals surface area contributed by atoms with Crippen LogP contribution in [0.25, 0.3) is 10.9 Å². The topological polar surface area (TPSA) is 34.5 Å². The van der Waals surface area contributed by atoms with Crippen molar-refractivity contribution in [3.63, 3.8) is 0 Å². The van der Waals surface area contributed by atoms with E-state index in [1.165, 1.54) is 27.7 Å². The van der Waals surface area contributed by atoms with E-state index in [1.54, 1.807) is 18.9 Å². The third kappa shape index (κ3) is 2.86. The zero-order valence-electron chi connectivity index (χ0n) is 17.2. The second-order valence-electron chi connectivity index (χ2n) is 8.01. The summed E-state index contributed by atoms with van der Waals surface area (Å²) < 4.78 is 8.04. The summed E-state index contributed by atoms with van der Waals surface area (Å²) in [4.78, 5) is 16.8. The number of hydrogen-bond donors (Lipinski definition) is 0. The van der Waals surface area contributed by atoms with Crippen molar-refractivity contribution in [2.45, 2.75) is 43.7 Å². The van der Waals surface area contributed by atoms with Crippen molar-refractivity contribution in [3.8, 4) is 5.75 Å². The Morgan fingerprint density at radius 2 is 2.03 bits per heavy atom. The summed E-state index contributed by atoms with van der Waals surface area (Å²) in [6, 6.07) is 12.8. The van der Waals surface area contributed by atoms with E-state index in [9.17, 15) is 4.79 Å². The largest absolute Gasteiger partial charge is 0.496 e. The average molecular weight is 407 g/mol. The second kappa shape index (κ2) is 7.13. The molecule has 1 atom stereocenters. The number of ether oxygens (including phenoxy) is 1. The first-order valence-electron chi connectivity index (χ1n) is 10.3. The highest BCUT2D eigenvalue weighted by Gasteiger charge is 2.37. The molecular weight excluding hydrogens is 380 g/mol. The molecule has 150 valence electrons. The normalized spacial score (nSPS) is 18.0. The number of aryl methyl sites for hydroxylation is 2. The smallest absolute Gasteiger partial charge is 0.258 e. The number of amides is 1. The standard InChI is InChI=1S/C24H26N2O2S/c1-15-7-10-20-19(13-15)17-5-4-6-21-23(17)25(20)11-12-26(21)24(27)18-9-8-16(29-3)14-22(18)28-2/h7-10,13-14,21H,4-6,11-12H2,1-3H3/t21-/m0/s1.